The number of nitrogens with two attached hydrogens (primary N) is 1. The van der Waals surface area contributed by atoms with Gasteiger partial charge >= 0.3 is 11.9 Å². The molecule has 0 aliphatic carbocycles. The minimum absolute atomic E-state index is 0.0385. The van der Waals surface area contributed by atoms with E-state index in [-0.39, 0.29) is 18.8 Å². The number of hydrogen-bond acceptors (Lipinski definition) is 6. The Hall–Kier alpha value is -3.04. The first kappa shape index (κ1) is 22.0. The second-order valence-electron chi connectivity index (χ2n) is 5.35. The molecule has 0 saturated carbocycles. The summed E-state index contributed by atoms with van der Waals surface area (Å²) >= 11 is 0. The number of halogens is 2. The van der Waals surface area contributed by atoms with Gasteiger partial charge in [-0.15, -0.1) is 0 Å². The number of hydrogen-bond donors (Lipinski definition) is 2. The van der Waals surface area contributed by atoms with Gasteiger partial charge in [0, 0.05) is 5.56 Å². The molecular formula is C17H20F2N2O6. The third-order valence-electron chi connectivity index (χ3n) is 3.46. The summed E-state index contributed by atoms with van der Waals surface area (Å²) in [4.78, 5) is 47.9. The van der Waals surface area contributed by atoms with Crippen LogP contribution in [0.15, 0.2) is 18.2 Å². The fourth-order valence-corrected chi connectivity index (χ4v) is 2.22. The van der Waals surface area contributed by atoms with Crippen LogP contribution in [0.1, 0.15) is 30.6 Å². The van der Waals surface area contributed by atoms with Crippen LogP contribution >= 0.6 is 0 Å². The molecule has 0 aliphatic rings. The maximum Gasteiger partial charge on any atom is 0.312 e. The second-order valence-corrected chi connectivity index (χ2v) is 5.35. The number of amides is 2. The van der Waals surface area contributed by atoms with Crippen LogP contribution in [-0.2, 0) is 23.9 Å². The molecule has 27 heavy (non-hydrogen) atoms. The van der Waals surface area contributed by atoms with Crippen molar-refractivity contribution in [3.05, 3.63) is 35.4 Å². The number of ether oxygens (including phenoxy) is 2. The lowest BCUT2D eigenvalue weighted by atomic mass is 9.95. The van der Waals surface area contributed by atoms with Gasteiger partial charge in [0.1, 0.15) is 6.04 Å². The number of nitrogens with one attached hydrogen (secondary N) is 1. The highest BCUT2D eigenvalue weighted by atomic mass is 19.2. The fourth-order valence-electron chi connectivity index (χ4n) is 2.22. The predicted molar refractivity (Wildman–Crippen MR) is 88.2 cm³/mol. The van der Waals surface area contributed by atoms with Crippen molar-refractivity contribution in [3.8, 4) is 0 Å². The van der Waals surface area contributed by atoms with Gasteiger partial charge in [0.15, 0.2) is 11.6 Å². The maximum absolute atomic E-state index is 13.3. The van der Waals surface area contributed by atoms with E-state index in [0.717, 1.165) is 12.1 Å². The standard InChI is InChI=1S/C17H20F2N2O6/c1-3-26-13(22)8-10(17(25)27-4-2)14(15(20)23)21-16(24)9-5-6-11(18)12(19)7-9/h5-7,10,14H,3-4,8H2,1-2H3,(H2,20,23)(H,21,24)/t10-,14+/m1/s1. The van der Waals surface area contributed by atoms with Crippen molar-refractivity contribution in [3.63, 3.8) is 0 Å². The highest BCUT2D eigenvalue weighted by Gasteiger charge is 2.37. The lowest BCUT2D eigenvalue weighted by Crippen LogP contribution is -2.52. The molecular weight excluding hydrogens is 366 g/mol. The first-order valence-corrected chi connectivity index (χ1v) is 8.08. The van der Waals surface area contributed by atoms with Gasteiger partial charge in [-0.1, -0.05) is 0 Å². The molecule has 0 radical (unpaired) electrons. The largest absolute Gasteiger partial charge is 0.466 e. The summed E-state index contributed by atoms with van der Waals surface area (Å²) in [6.45, 7) is 3.06. The zero-order valence-electron chi connectivity index (χ0n) is 14.8. The predicted octanol–water partition coefficient (Wildman–Crippen LogP) is 0.681. The molecule has 0 heterocycles. The van der Waals surface area contributed by atoms with Crippen molar-refractivity contribution >= 4 is 23.8 Å². The van der Waals surface area contributed by atoms with E-state index in [0.29, 0.717) is 6.07 Å². The number of primary amides is 1. The van der Waals surface area contributed by atoms with E-state index in [1.807, 2.05) is 0 Å². The Kier molecular flexibility index (Phi) is 8.31. The summed E-state index contributed by atoms with van der Waals surface area (Å²) in [5, 5.41) is 2.16. The van der Waals surface area contributed by atoms with E-state index in [9.17, 15) is 28.0 Å². The van der Waals surface area contributed by atoms with Gasteiger partial charge in [0.05, 0.1) is 25.6 Å². The Bertz CT molecular complexity index is 725. The molecule has 0 bridgehead atoms. The number of esters is 2. The fraction of sp³-hybridized carbons (Fsp3) is 0.412. The van der Waals surface area contributed by atoms with Crippen LogP contribution in [0, 0.1) is 17.6 Å². The molecule has 0 aromatic heterocycles. The van der Waals surface area contributed by atoms with Crippen LogP contribution in [0.5, 0.6) is 0 Å². The monoisotopic (exact) mass is 386 g/mol. The zero-order chi connectivity index (χ0) is 20.6. The summed E-state index contributed by atoms with van der Waals surface area (Å²) < 4.78 is 35.9. The van der Waals surface area contributed by atoms with Crippen molar-refractivity contribution in [2.45, 2.75) is 26.3 Å². The summed E-state index contributed by atoms with van der Waals surface area (Å²) in [6, 6.07) is 0.698. The van der Waals surface area contributed by atoms with Crippen LogP contribution in [0.25, 0.3) is 0 Å². The number of benzene rings is 1. The van der Waals surface area contributed by atoms with Gasteiger partial charge in [-0.05, 0) is 32.0 Å². The van der Waals surface area contributed by atoms with Gasteiger partial charge in [0.2, 0.25) is 5.91 Å². The van der Waals surface area contributed by atoms with E-state index in [1.54, 1.807) is 6.92 Å². The topological polar surface area (TPSA) is 125 Å². The number of carbonyl (C=O) groups is 4. The molecule has 148 valence electrons. The summed E-state index contributed by atoms with van der Waals surface area (Å²) in [7, 11) is 0. The Labute approximate surface area is 154 Å². The summed E-state index contributed by atoms with van der Waals surface area (Å²) in [5.41, 5.74) is 4.95. The highest BCUT2D eigenvalue weighted by molar-refractivity contribution is 5.99. The number of rotatable bonds is 9. The molecule has 0 fully saturated rings. The van der Waals surface area contributed by atoms with Crippen molar-refractivity contribution in [2.75, 3.05) is 13.2 Å². The molecule has 8 nitrogen and oxygen atoms in total. The van der Waals surface area contributed by atoms with E-state index in [4.69, 9.17) is 15.2 Å². The van der Waals surface area contributed by atoms with Gasteiger partial charge in [-0.25, -0.2) is 8.78 Å². The molecule has 1 aromatic carbocycles. The highest BCUT2D eigenvalue weighted by Crippen LogP contribution is 2.15. The van der Waals surface area contributed by atoms with Crippen molar-refractivity contribution in [2.24, 2.45) is 11.7 Å². The molecule has 2 atom stereocenters. The second kappa shape index (κ2) is 10.2. The first-order chi connectivity index (χ1) is 12.7. The van der Waals surface area contributed by atoms with E-state index < -0.39 is 53.8 Å². The van der Waals surface area contributed by atoms with E-state index in [2.05, 4.69) is 5.32 Å². The smallest absolute Gasteiger partial charge is 0.312 e. The van der Waals surface area contributed by atoms with E-state index >= 15 is 0 Å². The lowest BCUT2D eigenvalue weighted by Gasteiger charge is -2.23. The zero-order valence-corrected chi connectivity index (χ0v) is 14.8. The minimum atomic E-state index is -1.63. The van der Waals surface area contributed by atoms with Crippen LogP contribution in [-0.4, -0.2) is 43.0 Å². The minimum Gasteiger partial charge on any atom is -0.466 e. The Morgan fingerprint density at radius 3 is 2.22 bits per heavy atom. The van der Waals surface area contributed by atoms with Gasteiger partial charge in [-0.3, -0.25) is 19.2 Å². The molecule has 0 unspecified atom stereocenters. The molecule has 1 aromatic rings. The molecule has 0 aliphatic heterocycles. The molecule has 0 spiro atoms. The Morgan fingerprint density at radius 1 is 1.07 bits per heavy atom. The lowest BCUT2D eigenvalue weighted by molar-refractivity contribution is -0.156. The van der Waals surface area contributed by atoms with Crippen molar-refractivity contribution < 1.29 is 37.4 Å². The number of carbonyl (C=O) groups excluding carboxylic acids is 4. The Morgan fingerprint density at radius 2 is 1.70 bits per heavy atom. The summed E-state index contributed by atoms with van der Waals surface area (Å²) in [5.74, 6) is -7.74. The third-order valence-corrected chi connectivity index (χ3v) is 3.46. The average Bonchev–Trinajstić information content (AvgIpc) is 2.60. The molecule has 1 rings (SSSR count). The van der Waals surface area contributed by atoms with E-state index in [1.165, 1.54) is 6.92 Å². The third kappa shape index (κ3) is 6.32. The van der Waals surface area contributed by atoms with Crippen LogP contribution in [0.2, 0.25) is 0 Å². The molecule has 0 saturated heterocycles. The SMILES string of the molecule is CCOC(=O)C[C@@H](C(=O)OCC)[C@H](NC(=O)c1ccc(F)c(F)c1)C(N)=O. The van der Waals surface area contributed by atoms with Gasteiger partial charge < -0.3 is 20.5 Å². The first-order valence-electron chi connectivity index (χ1n) is 8.08. The van der Waals surface area contributed by atoms with Crippen molar-refractivity contribution in [1.82, 2.24) is 5.32 Å². The van der Waals surface area contributed by atoms with Gasteiger partial charge in [-0.2, -0.15) is 0 Å². The average molecular weight is 386 g/mol. The normalized spacial score (nSPS) is 12.6. The summed E-state index contributed by atoms with van der Waals surface area (Å²) in [6.07, 6.45) is -0.571. The quantitative estimate of drug-likeness (QED) is 0.602. The molecule has 2 amide bonds. The van der Waals surface area contributed by atoms with Crippen LogP contribution in [0.3, 0.4) is 0 Å². The van der Waals surface area contributed by atoms with Gasteiger partial charge in [0.25, 0.3) is 5.91 Å². The maximum atomic E-state index is 13.3. The molecule has 10 heteroatoms. The Balaban J connectivity index is 3.09. The van der Waals surface area contributed by atoms with Crippen LogP contribution in [0.4, 0.5) is 8.78 Å². The van der Waals surface area contributed by atoms with Crippen molar-refractivity contribution in [1.29, 1.82) is 0 Å². The molecule has 3 N–H and O–H groups in total. The van der Waals surface area contributed by atoms with Crippen LogP contribution < -0.4 is 11.1 Å².